The van der Waals surface area contributed by atoms with E-state index in [4.69, 9.17) is 33.2 Å². The summed E-state index contributed by atoms with van der Waals surface area (Å²) in [7, 11) is 0. The van der Waals surface area contributed by atoms with Gasteiger partial charge in [-0.3, -0.25) is 0 Å². The van der Waals surface area contributed by atoms with Gasteiger partial charge in [0.25, 0.3) is 0 Å². The van der Waals surface area contributed by atoms with E-state index in [2.05, 4.69) is 0 Å². The fraction of sp³-hybridized carbons (Fsp3) is 0.545. The Morgan fingerprint density at radius 1 is 0.863 bits per heavy atom. The molecule has 2 aromatic carbocycles. The number of carbonyl (C=O) groups excluding carboxylic acids is 1. The first kappa shape index (κ1) is 38.6. The van der Waals surface area contributed by atoms with Gasteiger partial charge in [0.2, 0.25) is 0 Å². The van der Waals surface area contributed by atoms with Crippen molar-refractivity contribution in [2.75, 3.05) is 39.6 Å². The highest BCUT2D eigenvalue weighted by Crippen LogP contribution is 2.34. The average molecular weight is 727 g/mol. The lowest BCUT2D eigenvalue weighted by molar-refractivity contribution is -0.336. The van der Waals surface area contributed by atoms with Crippen molar-refractivity contribution in [3.05, 3.63) is 53.6 Å². The molecule has 0 unspecified atom stereocenters. The molecule has 18 nitrogen and oxygen atoms in total. The van der Waals surface area contributed by atoms with Crippen LogP contribution in [0.25, 0.3) is 6.08 Å². The van der Waals surface area contributed by atoms with Crippen LogP contribution < -0.4 is 0 Å². The van der Waals surface area contributed by atoms with Crippen LogP contribution in [-0.4, -0.2) is 157 Å². The summed E-state index contributed by atoms with van der Waals surface area (Å²) in [6.45, 7) is -2.73. The third kappa shape index (κ3) is 8.88. The Kier molecular flexibility index (Phi) is 12.4. The number of esters is 1. The number of carbonyl (C=O) groups is 1. The summed E-state index contributed by atoms with van der Waals surface area (Å²) < 4.78 is 40.0. The molecule has 3 aliphatic rings. The summed E-state index contributed by atoms with van der Waals surface area (Å²) in [5.74, 6) is -2.52. The van der Waals surface area contributed by atoms with Crippen molar-refractivity contribution in [1.82, 2.24) is 0 Å². The third-order valence-electron chi connectivity index (χ3n) is 8.79. The highest BCUT2D eigenvalue weighted by atomic mass is 16.8. The topological polar surface area (TPSA) is 284 Å². The minimum atomic E-state index is -2.12. The van der Waals surface area contributed by atoms with E-state index >= 15 is 0 Å². The summed E-state index contributed by atoms with van der Waals surface area (Å²) in [5, 5.41) is 102. The molecule has 282 valence electrons. The van der Waals surface area contributed by atoms with Crippen LogP contribution in [0.5, 0.6) is 23.0 Å². The number of aliphatic hydroxyl groups excluding tert-OH is 4. The zero-order valence-electron chi connectivity index (χ0n) is 27.1. The van der Waals surface area contributed by atoms with Crippen molar-refractivity contribution in [2.24, 2.45) is 0 Å². The van der Waals surface area contributed by atoms with E-state index in [0.717, 1.165) is 6.08 Å². The third-order valence-corrected chi connectivity index (χ3v) is 8.79. The summed E-state index contributed by atoms with van der Waals surface area (Å²) in [6.07, 6.45) is -10.3. The Morgan fingerprint density at radius 2 is 1.57 bits per heavy atom. The monoisotopic (exact) mass is 726 g/mol. The molecule has 0 aromatic heterocycles. The Hall–Kier alpha value is -3.63. The number of aliphatic hydroxyl groups is 6. The summed E-state index contributed by atoms with van der Waals surface area (Å²) in [4.78, 5) is 13.2. The van der Waals surface area contributed by atoms with Gasteiger partial charge < -0.3 is 84.2 Å². The molecule has 10 N–H and O–H groups in total. The molecular weight excluding hydrogens is 684 g/mol. The van der Waals surface area contributed by atoms with Gasteiger partial charge in [0, 0.05) is 12.5 Å². The van der Waals surface area contributed by atoms with Crippen molar-refractivity contribution >= 4 is 12.0 Å². The van der Waals surface area contributed by atoms with Crippen LogP contribution in [-0.2, 0) is 44.4 Å². The fourth-order valence-corrected chi connectivity index (χ4v) is 5.68. The van der Waals surface area contributed by atoms with Gasteiger partial charge in [0.05, 0.1) is 39.6 Å². The van der Waals surface area contributed by atoms with E-state index in [1.807, 2.05) is 0 Å². The minimum Gasteiger partial charge on any atom is -0.504 e. The first-order valence-electron chi connectivity index (χ1n) is 16.0. The van der Waals surface area contributed by atoms with Gasteiger partial charge in [-0.05, 0) is 47.9 Å². The predicted octanol–water partition coefficient (Wildman–Crippen LogP) is -1.91. The first-order chi connectivity index (χ1) is 24.3. The van der Waals surface area contributed by atoms with Gasteiger partial charge in [-0.2, -0.15) is 0 Å². The molecule has 0 aliphatic carbocycles. The lowest BCUT2D eigenvalue weighted by Crippen LogP contribution is -2.63. The largest absolute Gasteiger partial charge is 0.504 e. The fourth-order valence-electron chi connectivity index (χ4n) is 5.68. The average Bonchev–Trinajstić information content (AvgIpc) is 3.63. The van der Waals surface area contributed by atoms with Crippen molar-refractivity contribution < 1.29 is 89.0 Å². The molecule has 0 radical (unpaired) electrons. The van der Waals surface area contributed by atoms with E-state index in [0.29, 0.717) is 11.1 Å². The van der Waals surface area contributed by atoms with E-state index in [-0.39, 0.29) is 43.3 Å². The SMILES string of the molecule is O=C(C=Cc1ccc(O)c(O)c1)O[C@H]1[C@H](O[C@@H]2OC[C@](O)(CO)[C@H]2O)[C@@H](O)[C@H](OCCc2ccc(O)c(O)c2)O[C@@H]1CO[C@@H]1OCC[C@]1(O)CO. The molecule has 3 saturated heterocycles. The Morgan fingerprint density at radius 3 is 2.24 bits per heavy atom. The maximum Gasteiger partial charge on any atom is 0.331 e. The van der Waals surface area contributed by atoms with Gasteiger partial charge >= 0.3 is 5.97 Å². The van der Waals surface area contributed by atoms with Crippen LogP contribution in [0, 0.1) is 0 Å². The maximum atomic E-state index is 13.2. The quantitative estimate of drug-likeness (QED) is 0.0577. The van der Waals surface area contributed by atoms with Gasteiger partial charge in [0.15, 0.2) is 48.0 Å². The number of phenols is 4. The second kappa shape index (κ2) is 16.4. The molecule has 51 heavy (non-hydrogen) atoms. The lowest BCUT2D eigenvalue weighted by Gasteiger charge is -2.44. The van der Waals surface area contributed by atoms with Crippen molar-refractivity contribution in [1.29, 1.82) is 0 Å². The normalized spacial score (nSPS) is 33.9. The molecule has 2 aromatic rings. The smallest absolute Gasteiger partial charge is 0.331 e. The molecule has 0 spiro atoms. The molecule has 0 bridgehead atoms. The Bertz CT molecular complexity index is 1520. The number of rotatable bonds is 14. The molecule has 10 atom stereocenters. The number of hydrogen-bond donors (Lipinski definition) is 10. The highest BCUT2D eigenvalue weighted by molar-refractivity contribution is 5.87. The zero-order chi connectivity index (χ0) is 36.9. The predicted molar refractivity (Wildman–Crippen MR) is 168 cm³/mol. The minimum absolute atomic E-state index is 0.0450. The van der Waals surface area contributed by atoms with Gasteiger partial charge in [-0.15, -0.1) is 0 Å². The first-order valence-corrected chi connectivity index (χ1v) is 16.0. The van der Waals surface area contributed by atoms with Crippen LogP contribution in [0.1, 0.15) is 17.5 Å². The van der Waals surface area contributed by atoms with E-state index in [1.165, 1.54) is 42.5 Å². The molecule has 3 aliphatic heterocycles. The van der Waals surface area contributed by atoms with Gasteiger partial charge in [-0.25, -0.2) is 4.79 Å². The van der Waals surface area contributed by atoms with E-state index in [1.54, 1.807) is 0 Å². The summed E-state index contributed by atoms with van der Waals surface area (Å²) in [6, 6.07) is 7.92. The number of aromatic hydroxyl groups is 4. The van der Waals surface area contributed by atoms with Crippen molar-refractivity contribution in [3.63, 3.8) is 0 Å². The number of phenolic OH excluding ortho intramolecular Hbond substituents is 4. The second-order valence-corrected chi connectivity index (χ2v) is 12.5. The van der Waals surface area contributed by atoms with Crippen LogP contribution in [0.3, 0.4) is 0 Å². The number of benzene rings is 2. The molecular formula is C33H42O18. The van der Waals surface area contributed by atoms with Crippen LogP contribution >= 0.6 is 0 Å². The Labute approximate surface area is 290 Å². The Balaban J connectivity index is 1.40. The molecule has 3 heterocycles. The summed E-state index contributed by atoms with van der Waals surface area (Å²) >= 11 is 0. The molecule has 0 saturated carbocycles. The van der Waals surface area contributed by atoms with Crippen LogP contribution in [0.4, 0.5) is 0 Å². The van der Waals surface area contributed by atoms with Crippen molar-refractivity contribution in [3.8, 4) is 23.0 Å². The van der Waals surface area contributed by atoms with Gasteiger partial charge in [0.1, 0.15) is 35.6 Å². The maximum absolute atomic E-state index is 13.2. The number of ether oxygens (including phenoxy) is 7. The summed E-state index contributed by atoms with van der Waals surface area (Å²) in [5.41, 5.74) is -3.03. The standard InChI is InChI=1S/C33H42O18/c34-14-32(43)8-10-46-31(32)47-13-23-26(50-24(40)6-3-17-1-4-19(36)21(38)11-17)27(51-30-28(42)33(44,15-35)16-48-30)25(41)29(49-23)45-9-7-18-2-5-20(37)22(39)12-18/h1-6,11-12,23,25-31,34-39,41-44H,7-10,13-16H2/t23-,25-,26-,27-,28+,29-,30+,31+,32+,33-/m1/s1. The second-order valence-electron chi connectivity index (χ2n) is 12.5. The van der Waals surface area contributed by atoms with Gasteiger partial charge in [-0.1, -0.05) is 12.1 Å². The highest BCUT2D eigenvalue weighted by Gasteiger charge is 2.55. The van der Waals surface area contributed by atoms with E-state index in [9.17, 15) is 55.9 Å². The zero-order valence-corrected chi connectivity index (χ0v) is 27.1. The van der Waals surface area contributed by atoms with Crippen molar-refractivity contribution in [2.45, 2.75) is 73.4 Å². The molecule has 0 amide bonds. The van der Waals surface area contributed by atoms with Crippen LogP contribution in [0.2, 0.25) is 0 Å². The van der Waals surface area contributed by atoms with Crippen LogP contribution in [0.15, 0.2) is 42.5 Å². The lowest BCUT2D eigenvalue weighted by atomic mass is 9.97. The molecule has 18 heteroatoms. The molecule has 5 rings (SSSR count). The van der Waals surface area contributed by atoms with E-state index < -0.39 is 98.7 Å². The molecule has 3 fully saturated rings. The number of hydrogen-bond acceptors (Lipinski definition) is 18.